The third-order valence-electron chi connectivity index (χ3n) is 21.7. The number of carbonyl (C=O) groups is 2. The fourth-order valence-corrected chi connectivity index (χ4v) is 16.3. The number of nitrogen functional groups attached to an aromatic ring is 5. The topological polar surface area (TPSA) is 490 Å². The minimum Gasteiger partial charge on any atom is -0.382 e. The van der Waals surface area contributed by atoms with Gasteiger partial charge in [-0.1, -0.05) is 94.0 Å². The van der Waals surface area contributed by atoms with Crippen LogP contribution >= 0.6 is 57.9 Å². The molecule has 139 heavy (non-hydrogen) atoms. The van der Waals surface area contributed by atoms with Crippen LogP contribution in [0.3, 0.4) is 0 Å². The number of anilines is 5. The number of H-pyrrole nitrogens is 1. The molecule has 1 aliphatic rings. The number of nitrogens with one attached hydrogen (secondary N) is 3. The number of aromatic amines is 1. The predicted molar refractivity (Wildman–Crippen MR) is 534 cm³/mol. The molecule has 1 aliphatic carbocycles. The summed E-state index contributed by atoms with van der Waals surface area (Å²) in [5.41, 5.74) is 43.5. The maximum absolute atomic E-state index is 14.0. The second kappa shape index (κ2) is 39.4. The molecule has 0 radical (unpaired) electrons. The van der Waals surface area contributed by atoms with Crippen molar-refractivity contribution in [1.82, 2.24) is 118 Å². The fraction of sp³-hybridized carbons (Fsp3) is 0.0918. The molecular formula is C98H75Cl4F2N29O5S. The Morgan fingerprint density at radius 1 is 0.496 bits per heavy atom. The van der Waals surface area contributed by atoms with Gasteiger partial charge in [-0.25, -0.2) is 49.8 Å². The van der Waals surface area contributed by atoms with E-state index in [0.29, 0.717) is 122 Å². The lowest BCUT2D eigenvalue weighted by Gasteiger charge is -2.14. The maximum atomic E-state index is 14.0. The second-order valence-electron chi connectivity index (χ2n) is 31.9. The number of carbonyl (C=O) groups excluding carboxylic acids is 2. The summed E-state index contributed by atoms with van der Waals surface area (Å²) in [6.07, 6.45) is 22.8. The minimum absolute atomic E-state index is 0.0259. The SMILES string of the molecule is Cc1cc(-c2nc(N)c(C(=O)NC3CC3)nc2-c2ccc3ncccc3c2)ns1.Cc1ccc(CNC(=O)c2nc(-c3cc(Cl)c4ncccc4c3)c(-n3ccc(C)c3)nc2N)nc1.Cn1ccc(-c2nc(N)c(F)nc2-c2cc(Cl)c3oncc3c2)n1.Cn1ccc(-c2nc(N)c(F)nc2-c2ccc3c(=O)[nH]ccc3c2)c1.Nc1nc(-n2ccccc2=O)c(-c2cc(Cl)c3ncccc3c2)nc1Cl. The fourth-order valence-electron chi connectivity index (χ4n) is 14.8. The largest absolute Gasteiger partial charge is 0.382 e. The molecule has 13 N–H and O–H groups in total. The van der Waals surface area contributed by atoms with E-state index in [2.05, 4.69) is 100 Å². The summed E-state index contributed by atoms with van der Waals surface area (Å²) in [6, 6.07) is 51.1. The van der Waals surface area contributed by atoms with Crippen LogP contribution in [0.4, 0.5) is 37.9 Å². The van der Waals surface area contributed by atoms with Crippen molar-refractivity contribution in [3.63, 3.8) is 0 Å². The number of nitrogens with two attached hydrogens (primary N) is 5. The first-order valence-electron chi connectivity index (χ1n) is 42.4. The smallest absolute Gasteiger partial charge is 0.274 e. The summed E-state index contributed by atoms with van der Waals surface area (Å²) >= 11 is 26.6. The van der Waals surface area contributed by atoms with Gasteiger partial charge in [0.15, 0.2) is 62.8 Å². The number of hydrogen-bond donors (Lipinski definition) is 8. The van der Waals surface area contributed by atoms with Crippen molar-refractivity contribution in [2.75, 3.05) is 28.7 Å². The summed E-state index contributed by atoms with van der Waals surface area (Å²) in [5, 5.41) is 19.7. The highest BCUT2D eigenvalue weighted by molar-refractivity contribution is 7.05. The zero-order valence-electron chi connectivity index (χ0n) is 73.8. The molecule has 1 saturated carbocycles. The number of pyridine rings is 6. The third kappa shape index (κ3) is 20.2. The Kier molecular flexibility index (Phi) is 26.2. The molecule has 16 aromatic heterocycles. The number of benzene rings is 5. The third-order valence-corrected chi connectivity index (χ3v) is 23.6. The molecule has 0 bridgehead atoms. The zero-order chi connectivity index (χ0) is 97.1. The van der Waals surface area contributed by atoms with Crippen LogP contribution < -0.4 is 50.4 Å². The molecule has 21 aromatic rings. The normalized spacial score (nSPS) is 11.6. The summed E-state index contributed by atoms with van der Waals surface area (Å²) in [7, 11) is 3.65. The van der Waals surface area contributed by atoms with Gasteiger partial charge >= 0.3 is 0 Å². The molecule has 2 amide bonds. The van der Waals surface area contributed by atoms with Crippen LogP contribution in [0, 0.1) is 32.7 Å². The summed E-state index contributed by atoms with van der Waals surface area (Å²) < 4.78 is 44.1. The maximum Gasteiger partial charge on any atom is 0.274 e. The highest BCUT2D eigenvalue weighted by Crippen LogP contribution is 2.41. The molecule has 41 heteroatoms. The van der Waals surface area contributed by atoms with Gasteiger partial charge in [-0.3, -0.25) is 48.4 Å². The summed E-state index contributed by atoms with van der Waals surface area (Å²) in [6.45, 7) is 6.15. The molecule has 0 spiro atoms. The number of aromatic nitrogens is 22. The number of amides is 2. The van der Waals surface area contributed by atoms with E-state index >= 15 is 0 Å². The van der Waals surface area contributed by atoms with Crippen LogP contribution in [-0.2, 0) is 20.6 Å². The van der Waals surface area contributed by atoms with Gasteiger partial charge < -0.3 is 57.9 Å². The highest BCUT2D eigenvalue weighted by Gasteiger charge is 2.30. The van der Waals surface area contributed by atoms with E-state index in [1.807, 2.05) is 159 Å². The van der Waals surface area contributed by atoms with Gasteiger partial charge in [-0.15, -0.1) is 0 Å². The van der Waals surface area contributed by atoms with Gasteiger partial charge in [0, 0.05) is 160 Å². The van der Waals surface area contributed by atoms with Crippen LogP contribution in [0.1, 0.15) is 55.5 Å². The van der Waals surface area contributed by atoms with Crippen LogP contribution in [0.25, 0.3) is 156 Å². The molecule has 0 unspecified atom stereocenters. The first kappa shape index (κ1) is 92.3. The van der Waals surface area contributed by atoms with Crippen molar-refractivity contribution < 1.29 is 22.9 Å². The summed E-state index contributed by atoms with van der Waals surface area (Å²) in [4.78, 5) is 114. The standard InChI is InChI=1S/C26H22ClN7O.C21H18N6OS.C18H11Cl2N5O.C18H14FN5O.C15H10ClFN6O/c1-15-5-6-19(30-12-15)13-31-26(35)23-24(28)33-25(34-9-7-16(2)14-34)22(32-23)18-10-17-4-3-8-29-21(17)20(27)11-18;1-11-9-16(27-29-11)18-17(13-4-7-15-12(10-13)3-2-8-23-15)25-19(20(22)26-18)21(28)24-14-5-6-14;19-12-9-11(8-10-4-3-6-22-14(10)12)15-18(24-17(21)16(20)23-15)25-7-2-1-5-13(25)26;1-24-7-5-12(9-24)15-14(22-16(19)17(20)23-15)11-2-3-13-10(8-11)4-6-21-18(13)25;1-23-3-2-10(22-23)12-11(20-14(17)15(18)21-12)7-4-8-6-19-24-13(8)9(16)5-7/h3-12,14H,13H2,1-2H3,(H2,28,33)(H,31,35);2-4,7-10,14H,5-6H2,1H3,(H2,22,26)(H,24,28);1-9H,(H2,21,24);2-9H,1H3,(H2,20,23)(H,21,25);2-6H,1H3,(H2,18,21). The highest BCUT2D eigenvalue weighted by atomic mass is 35.5. The monoisotopic (exact) mass is 1950 g/mol. The predicted octanol–water partition coefficient (Wildman–Crippen LogP) is 17.8. The molecular weight excluding hydrogens is 1880 g/mol. The van der Waals surface area contributed by atoms with E-state index in [1.165, 1.54) is 28.4 Å². The Labute approximate surface area is 810 Å². The molecule has 1 fully saturated rings. The van der Waals surface area contributed by atoms with Crippen molar-refractivity contribution >= 4 is 153 Å². The molecule has 22 rings (SSSR count). The lowest BCUT2D eigenvalue weighted by molar-refractivity contribution is 0.0938. The molecule has 690 valence electrons. The first-order valence-corrected chi connectivity index (χ1v) is 44.7. The van der Waals surface area contributed by atoms with Crippen LogP contribution in [0.5, 0.6) is 0 Å². The quantitative estimate of drug-likeness (QED) is 0.0472. The molecule has 5 aromatic carbocycles. The van der Waals surface area contributed by atoms with Crippen LogP contribution in [0.15, 0.2) is 258 Å². The van der Waals surface area contributed by atoms with Crippen molar-refractivity contribution in [3.8, 4) is 102 Å². The number of aryl methyl sites for hydroxylation is 5. The molecule has 34 nitrogen and oxygen atoms in total. The van der Waals surface area contributed by atoms with Gasteiger partial charge in [-0.05, 0) is 183 Å². The van der Waals surface area contributed by atoms with Crippen molar-refractivity contribution in [2.24, 2.45) is 14.1 Å². The van der Waals surface area contributed by atoms with Gasteiger partial charge in [0.1, 0.15) is 51.2 Å². The van der Waals surface area contributed by atoms with Crippen LogP contribution in [0.2, 0.25) is 20.2 Å². The van der Waals surface area contributed by atoms with E-state index < -0.39 is 17.8 Å². The van der Waals surface area contributed by atoms with E-state index in [-0.39, 0.29) is 86.8 Å². The van der Waals surface area contributed by atoms with Crippen molar-refractivity contribution in [1.29, 1.82) is 0 Å². The average molecular weight is 1950 g/mol. The Bertz CT molecular complexity index is 8520. The second-order valence-corrected chi connectivity index (χ2v) is 34.5. The Balaban J connectivity index is 0.000000116. The number of nitrogens with zero attached hydrogens (tertiary/aromatic N) is 21. The Morgan fingerprint density at radius 2 is 1.10 bits per heavy atom. The summed E-state index contributed by atoms with van der Waals surface area (Å²) in [5.74, 6) is -2.01. The Hall–Kier alpha value is -17.1. The molecule has 0 aliphatic heterocycles. The van der Waals surface area contributed by atoms with E-state index in [4.69, 9.17) is 79.6 Å². The van der Waals surface area contributed by atoms with Crippen molar-refractivity contribution in [2.45, 2.75) is 46.2 Å². The average Bonchev–Trinajstić information content (AvgIpc) is 1.76. The van der Waals surface area contributed by atoms with Gasteiger partial charge in [0.25, 0.3) is 34.8 Å². The Morgan fingerprint density at radius 3 is 1.76 bits per heavy atom. The number of hydrogen-bond acceptors (Lipinski definition) is 28. The lowest BCUT2D eigenvalue weighted by Crippen LogP contribution is -2.28. The molecule has 16 heterocycles. The number of fused-ring (bicyclic) bond motifs is 5. The van der Waals surface area contributed by atoms with Gasteiger partial charge in [0.05, 0.1) is 55.7 Å². The number of rotatable bonds is 15. The van der Waals surface area contributed by atoms with E-state index in [9.17, 15) is 28.0 Å². The minimum atomic E-state index is -0.855. The first-order chi connectivity index (χ1) is 67.1. The van der Waals surface area contributed by atoms with E-state index in [1.54, 1.807) is 122 Å². The van der Waals surface area contributed by atoms with E-state index in [0.717, 1.165) is 72.7 Å². The molecule has 0 atom stereocenters. The van der Waals surface area contributed by atoms with Crippen molar-refractivity contribution in [3.05, 3.63) is 330 Å². The number of halogens is 6. The van der Waals surface area contributed by atoms with Crippen LogP contribution in [-0.4, -0.2) is 126 Å². The van der Waals surface area contributed by atoms with Gasteiger partial charge in [0.2, 0.25) is 0 Å². The van der Waals surface area contributed by atoms with Gasteiger partial charge in [-0.2, -0.15) is 18.3 Å². The zero-order valence-corrected chi connectivity index (χ0v) is 77.6. The lowest BCUT2D eigenvalue weighted by atomic mass is 10.0. The molecule has 0 saturated heterocycles.